The number of alkyl halides is 3. The van der Waals surface area contributed by atoms with Crippen LogP contribution >= 0.6 is 11.9 Å². The Bertz CT molecular complexity index is 598. The molecule has 0 amide bonds. The molecule has 0 aliphatic heterocycles. The molecule has 2 rings (SSSR count). The molecular formula is C21H31F3NO3S-. The van der Waals surface area contributed by atoms with E-state index in [-0.39, 0.29) is 29.0 Å². The van der Waals surface area contributed by atoms with Gasteiger partial charge in [0.15, 0.2) is 0 Å². The quantitative estimate of drug-likeness (QED) is 0.222. The number of carbonyl (C=O) groups is 1. The Morgan fingerprint density at radius 2 is 2.00 bits per heavy atom. The monoisotopic (exact) mass is 434 g/mol. The lowest BCUT2D eigenvalue weighted by Gasteiger charge is -2.32. The van der Waals surface area contributed by atoms with E-state index >= 15 is 0 Å². The molecule has 0 spiro atoms. The molecule has 166 valence electrons. The lowest BCUT2D eigenvalue weighted by molar-refractivity contribution is -0.151. The molecule has 0 heterocycles. The maximum Gasteiger partial charge on any atom is 0.455 e. The van der Waals surface area contributed by atoms with Crippen LogP contribution in [0.2, 0.25) is 0 Å². The third kappa shape index (κ3) is 10.0. The Morgan fingerprint density at radius 3 is 2.62 bits per heavy atom. The number of hydroxylamine groups is 1. The molecule has 0 radical (unpaired) electrons. The number of allylic oxidation sites excluding steroid dienone is 4. The second-order valence-corrected chi connectivity index (χ2v) is 9.09. The standard InChI is InChI=1S/C21H31F3NO3S/c1-3-4-17-14-18(17)13-15(2)5-10-20(26)28-19-8-6-16(7-9-19)11-12-25(27)29-21(22,23)24/h4,13,15-16,19H,3,5-12,14H2,1-2H3/q-1/b17-4-,18-13-. The number of carbonyl (C=O) groups excluding carboxylic acids is 1. The zero-order valence-electron chi connectivity index (χ0n) is 17.2. The average Bonchev–Trinajstić information content (AvgIpc) is 3.35. The smallest absolute Gasteiger partial charge is 0.455 e. The van der Waals surface area contributed by atoms with Gasteiger partial charge >= 0.3 is 11.5 Å². The van der Waals surface area contributed by atoms with Gasteiger partial charge in [-0.25, -0.2) is 0 Å². The third-order valence-corrected chi connectivity index (χ3v) is 6.02. The van der Waals surface area contributed by atoms with Crippen molar-refractivity contribution in [3.8, 4) is 0 Å². The molecule has 2 aliphatic carbocycles. The summed E-state index contributed by atoms with van der Waals surface area (Å²) in [5.74, 6) is 0.387. The first-order valence-electron chi connectivity index (χ1n) is 10.5. The number of ether oxygens (including phenoxy) is 1. The molecule has 1 unspecified atom stereocenters. The van der Waals surface area contributed by atoms with Crippen LogP contribution in [-0.4, -0.2) is 28.6 Å². The van der Waals surface area contributed by atoms with Crippen molar-refractivity contribution in [1.29, 1.82) is 0 Å². The zero-order chi connectivity index (χ0) is 21.4. The Labute approximate surface area is 175 Å². The molecule has 0 aromatic heterocycles. The fourth-order valence-electron chi connectivity index (χ4n) is 3.78. The molecule has 0 aromatic rings. The minimum Gasteiger partial charge on any atom is -0.775 e. The van der Waals surface area contributed by atoms with Crippen LogP contribution < -0.4 is 0 Å². The second-order valence-electron chi connectivity index (χ2n) is 8.04. The van der Waals surface area contributed by atoms with E-state index < -0.39 is 17.5 Å². The van der Waals surface area contributed by atoms with E-state index in [9.17, 15) is 23.2 Å². The highest BCUT2D eigenvalue weighted by Gasteiger charge is 2.30. The highest BCUT2D eigenvalue weighted by Crippen LogP contribution is 2.38. The van der Waals surface area contributed by atoms with Gasteiger partial charge in [-0.3, -0.25) is 4.79 Å². The van der Waals surface area contributed by atoms with Gasteiger partial charge in [0.1, 0.15) is 6.10 Å². The van der Waals surface area contributed by atoms with Crippen LogP contribution in [0.4, 0.5) is 13.2 Å². The van der Waals surface area contributed by atoms with Gasteiger partial charge in [-0.1, -0.05) is 26.0 Å². The minimum absolute atomic E-state index is 0.00518. The number of halogens is 3. The van der Waals surface area contributed by atoms with Gasteiger partial charge in [0.25, 0.3) is 0 Å². The first-order valence-corrected chi connectivity index (χ1v) is 11.2. The van der Waals surface area contributed by atoms with Crippen LogP contribution in [0, 0.1) is 17.0 Å². The number of rotatable bonds is 10. The largest absolute Gasteiger partial charge is 0.775 e. The van der Waals surface area contributed by atoms with Gasteiger partial charge < -0.3 is 14.4 Å². The molecule has 2 aliphatic rings. The van der Waals surface area contributed by atoms with Crippen molar-refractivity contribution < 1.29 is 22.7 Å². The Kier molecular flexibility index (Phi) is 9.56. The van der Waals surface area contributed by atoms with Crippen LogP contribution in [0.15, 0.2) is 23.3 Å². The topological polar surface area (TPSA) is 52.6 Å². The summed E-state index contributed by atoms with van der Waals surface area (Å²) in [6, 6.07) is 0. The predicted octanol–water partition coefficient (Wildman–Crippen LogP) is 6.53. The van der Waals surface area contributed by atoms with Crippen LogP contribution in [0.3, 0.4) is 0 Å². The van der Waals surface area contributed by atoms with E-state index in [4.69, 9.17) is 4.74 Å². The Hall–Kier alpha value is -0.990. The summed E-state index contributed by atoms with van der Waals surface area (Å²) in [5.41, 5.74) is -1.71. The molecular weight excluding hydrogens is 403 g/mol. The minimum atomic E-state index is -4.53. The van der Waals surface area contributed by atoms with Crippen molar-refractivity contribution >= 4 is 17.9 Å². The summed E-state index contributed by atoms with van der Waals surface area (Å²) >= 11 is -0.627. The van der Waals surface area contributed by atoms with Gasteiger partial charge in [0.2, 0.25) is 0 Å². The van der Waals surface area contributed by atoms with Crippen LogP contribution in [0.5, 0.6) is 0 Å². The van der Waals surface area contributed by atoms with Crippen molar-refractivity contribution in [2.75, 3.05) is 6.54 Å². The van der Waals surface area contributed by atoms with Gasteiger partial charge in [0.05, 0.1) is 0 Å². The summed E-state index contributed by atoms with van der Waals surface area (Å²) in [5, 5.41) is 11.2. The lowest BCUT2D eigenvalue weighted by Crippen LogP contribution is -2.26. The normalized spacial score (nSPS) is 26.2. The number of nitrogens with zero attached hydrogens (tertiary/aromatic N) is 1. The fraction of sp³-hybridized carbons (Fsp3) is 0.762. The van der Waals surface area contributed by atoms with Crippen molar-refractivity contribution in [3.05, 3.63) is 28.5 Å². The molecule has 29 heavy (non-hydrogen) atoms. The first kappa shape index (κ1) is 24.3. The Balaban J connectivity index is 1.58. The summed E-state index contributed by atoms with van der Waals surface area (Å²) < 4.78 is 42.0. The van der Waals surface area contributed by atoms with Gasteiger partial charge in [0, 0.05) is 18.4 Å². The van der Waals surface area contributed by atoms with Gasteiger partial charge in [-0.2, -0.15) is 13.2 Å². The third-order valence-electron chi connectivity index (χ3n) is 5.43. The SMILES string of the molecule is CC/C=C1/C/C1=C/C(C)CCC(=O)OC1CCC(CCN([O-])SC(F)(F)F)CC1. The van der Waals surface area contributed by atoms with E-state index in [0.717, 1.165) is 32.1 Å². The maximum absolute atomic E-state index is 12.1. The first-order chi connectivity index (χ1) is 13.7. The maximum atomic E-state index is 12.1. The van der Waals surface area contributed by atoms with E-state index in [1.54, 1.807) is 0 Å². The molecule has 4 nitrogen and oxygen atoms in total. The van der Waals surface area contributed by atoms with Crippen molar-refractivity contribution in [1.82, 2.24) is 4.47 Å². The van der Waals surface area contributed by atoms with Crippen LogP contribution in [-0.2, 0) is 9.53 Å². The van der Waals surface area contributed by atoms with Crippen molar-refractivity contribution in [2.45, 2.75) is 83.2 Å². The average molecular weight is 435 g/mol. The van der Waals surface area contributed by atoms with E-state index in [2.05, 4.69) is 26.0 Å². The summed E-state index contributed by atoms with van der Waals surface area (Å²) in [7, 11) is 0. The number of hydrogen-bond donors (Lipinski definition) is 0. The highest BCUT2D eigenvalue weighted by molar-refractivity contribution is 7.97. The van der Waals surface area contributed by atoms with Crippen molar-refractivity contribution in [2.24, 2.45) is 11.8 Å². The molecule has 0 N–H and O–H groups in total. The summed E-state index contributed by atoms with van der Waals surface area (Å²) in [6.07, 6.45) is 11.1. The lowest BCUT2D eigenvalue weighted by atomic mass is 9.85. The summed E-state index contributed by atoms with van der Waals surface area (Å²) in [4.78, 5) is 12.1. The summed E-state index contributed by atoms with van der Waals surface area (Å²) in [6.45, 7) is 4.10. The van der Waals surface area contributed by atoms with E-state index in [0.29, 0.717) is 31.6 Å². The highest BCUT2D eigenvalue weighted by atomic mass is 32.2. The van der Waals surface area contributed by atoms with Crippen LogP contribution in [0.1, 0.15) is 71.6 Å². The number of esters is 1. The zero-order valence-corrected chi connectivity index (χ0v) is 18.0. The molecule has 0 aromatic carbocycles. The van der Waals surface area contributed by atoms with Crippen molar-refractivity contribution in [3.63, 3.8) is 0 Å². The number of hydrogen-bond acceptors (Lipinski definition) is 5. The van der Waals surface area contributed by atoms with Gasteiger partial charge in [-0.15, -0.1) is 0 Å². The molecule has 0 saturated heterocycles. The van der Waals surface area contributed by atoms with E-state index in [1.807, 2.05) is 0 Å². The fourth-order valence-corrected chi connectivity index (χ4v) is 4.21. The molecule has 1 atom stereocenters. The molecule has 8 heteroatoms. The second kappa shape index (κ2) is 11.4. The Morgan fingerprint density at radius 1 is 1.31 bits per heavy atom. The van der Waals surface area contributed by atoms with Crippen LogP contribution in [0.25, 0.3) is 0 Å². The predicted molar refractivity (Wildman–Crippen MR) is 110 cm³/mol. The molecule has 2 fully saturated rings. The van der Waals surface area contributed by atoms with Gasteiger partial charge in [-0.05, 0) is 80.9 Å². The van der Waals surface area contributed by atoms with E-state index in [1.165, 1.54) is 11.1 Å². The molecule has 2 saturated carbocycles. The molecule has 0 bridgehead atoms.